The average Bonchev–Trinajstić information content (AvgIpc) is 2.65. The Morgan fingerprint density at radius 3 is 2.20 bits per heavy atom. The van der Waals surface area contributed by atoms with Crippen LogP contribution in [0.15, 0.2) is 47.6 Å². The topological polar surface area (TPSA) is 126 Å². The van der Waals surface area contributed by atoms with E-state index in [1.165, 1.54) is 20.3 Å². The zero-order chi connectivity index (χ0) is 18.4. The van der Waals surface area contributed by atoms with Crippen LogP contribution in [0.25, 0.3) is 6.08 Å². The molecule has 0 bridgehead atoms. The third kappa shape index (κ3) is 4.08. The summed E-state index contributed by atoms with van der Waals surface area (Å²) in [4.78, 5) is 12.3. The molecule has 0 spiro atoms. The Balaban J connectivity index is 2.24. The zero-order valence-corrected chi connectivity index (χ0v) is 14.0. The second-order valence-electron chi connectivity index (χ2n) is 5.13. The molecule has 0 radical (unpaired) electrons. The number of anilines is 1. The van der Waals surface area contributed by atoms with Crippen LogP contribution >= 0.6 is 0 Å². The zero-order valence-electron chi connectivity index (χ0n) is 14.0. The van der Waals surface area contributed by atoms with Gasteiger partial charge in [0.25, 0.3) is 0 Å². The van der Waals surface area contributed by atoms with E-state index in [9.17, 15) is 4.79 Å². The summed E-state index contributed by atoms with van der Waals surface area (Å²) in [6, 6.07) is 10.0. The van der Waals surface area contributed by atoms with Gasteiger partial charge in [0, 0.05) is 22.8 Å². The number of ketones is 1. The number of hydrogen-bond donors (Lipinski definition) is 3. The lowest BCUT2D eigenvalue weighted by atomic mass is 10.1. The fraction of sp³-hybridized carbons (Fsp3) is 0.111. The number of amidine groups is 1. The molecule has 0 fully saturated rings. The minimum absolute atomic E-state index is 0.175. The van der Waals surface area contributed by atoms with E-state index in [2.05, 4.69) is 5.10 Å². The molecule has 0 aromatic heterocycles. The van der Waals surface area contributed by atoms with Crippen LogP contribution < -0.4 is 26.8 Å². The first kappa shape index (κ1) is 17.9. The number of benzene rings is 2. The quantitative estimate of drug-likeness (QED) is 0.140. The normalized spacial score (nSPS) is 11.5. The number of ether oxygens (including phenoxy) is 2. The van der Waals surface area contributed by atoms with Crippen LogP contribution in [0.2, 0.25) is 0 Å². The van der Waals surface area contributed by atoms with E-state index >= 15 is 0 Å². The SMILES string of the molecule is COc1cc(OC)c(/C=C/C(=O)c2ccc(/C(N)=N/N)cc2)cc1N. The Bertz CT molecular complexity index is 827. The van der Waals surface area contributed by atoms with Crippen LogP contribution in [0, 0.1) is 0 Å². The van der Waals surface area contributed by atoms with Gasteiger partial charge in [-0.3, -0.25) is 4.79 Å². The molecule has 0 amide bonds. The first-order chi connectivity index (χ1) is 12.0. The summed E-state index contributed by atoms with van der Waals surface area (Å²) in [7, 11) is 3.06. The molecule has 2 aromatic carbocycles. The van der Waals surface area contributed by atoms with Crippen molar-refractivity contribution in [3.63, 3.8) is 0 Å². The van der Waals surface area contributed by atoms with Gasteiger partial charge >= 0.3 is 0 Å². The number of nitrogens with two attached hydrogens (primary N) is 3. The predicted molar refractivity (Wildman–Crippen MR) is 98.7 cm³/mol. The van der Waals surface area contributed by atoms with E-state index in [-0.39, 0.29) is 11.6 Å². The van der Waals surface area contributed by atoms with Gasteiger partial charge in [-0.2, -0.15) is 5.10 Å². The third-order valence-electron chi connectivity index (χ3n) is 3.60. The van der Waals surface area contributed by atoms with E-state index in [4.69, 9.17) is 26.8 Å². The minimum Gasteiger partial charge on any atom is -0.496 e. The smallest absolute Gasteiger partial charge is 0.185 e. The molecule has 130 valence electrons. The highest BCUT2D eigenvalue weighted by Crippen LogP contribution is 2.31. The number of nitrogen functional groups attached to an aromatic ring is 1. The first-order valence-corrected chi connectivity index (χ1v) is 7.37. The van der Waals surface area contributed by atoms with Gasteiger partial charge in [-0.25, -0.2) is 0 Å². The Morgan fingerprint density at radius 2 is 1.64 bits per heavy atom. The van der Waals surface area contributed by atoms with Crippen LogP contribution in [-0.2, 0) is 0 Å². The number of allylic oxidation sites excluding steroid dienone is 1. The highest BCUT2D eigenvalue weighted by Gasteiger charge is 2.08. The molecule has 7 heteroatoms. The summed E-state index contributed by atoms with van der Waals surface area (Å²) in [5.74, 6) is 6.22. The minimum atomic E-state index is -0.175. The number of methoxy groups -OCH3 is 2. The molecule has 6 N–H and O–H groups in total. The van der Waals surface area contributed by atoms with Crippen LogP contribution in [-0.4, -0.2) is 25.8 Å². The molecule has 0 aliphatic rings. The van der Waals surface area contributed by atoms with E-state index in [1.54, 1.807) is 42.5 Å². The highest BCUT2D eigenvalue weighted by molar-refractivity contribution is 6.07. The molecule has 0 aliphatic carbocycles. The number of hydrazone groups is 1. The van der Waals surface area contributed by atoms with Gasteiger partial charge in [0.05, 0.1) is 19.9 Å². The number of rotatable bonds is 6. The van der Waals surface area contributed by atoms with Crippen molar-refractivity contribution < 1.29 is 14.3 Å². The fourth-order valence-electron chi connectivity index (χ4n) is 2.22. The summed E-state index contributed by atoms with van der Waals surface area (Å²) in [5.41, 5.74) is 13.8. The third-order valence-corrected chi connectivity index (χ3v) is 3.60. The van der Waals surface area contributed by atoms with Crippen molar-refractivity contribution in [2.75, 3.05) is 20.0 Å². The summed E-state index contributed by atoms with van der Waals surface area (Å²) >= 11 is 0. The van der Waals surface area contributed by atoms with Gasteiger partial charge in [-0.15, -0.1) is 0 Å². The second kappa shape index (κ2) is 7.87. The van der Waals surface area contributed by atoms with Gasteiger partial charge in [-0.1, -0.05) is 24.3 Å². The Labute approximate surface area is 145 Å². The lowest BCUT2D eigenvalue weighted by Gasteiger charge is -2.10. The van der Waals surface area contributed by atoms with Crippen LogP contribution in [0.1, 0.15) is 21.5 Å². The highest BCUT2D eigenvalue weighted by atomic mass is 16.5. The molecule has 0 heterocycles. The van der Waals surface area contributed by atoms with Crippen LogP contribution in [0.4, 0.5) is 5.69 Å². The lowest BCUT2D eigenvalue weighted by molar-refractivity contribution is 0.104. The average molecular weight is 340 g/mol. The molecule has 2 rings (SSSR count). The molecular formula is C18H20N4O3. The standard InChI is InChI=1S/C18H20N4O3/c1-24-16-10-17(25-2)14(19)9-13(16)7-8-15(23)11-3-5-12(6-4-11)18(20)22-21/h3-10H,19,21H2,1-2H3,(H2,20,22)/b8-7+. The van der Waals surface area contributed by atoms with Crippen molar-refractivity contribution in [1.29, 1.82) is 0 Å². The molecule has 0 unspecified atom stereocenters. The maximum absolute atomic E-state index is 12.3. The Morgan fingerprint density at radius 1 is 1.04 bits per heavy atom. The molecule has 25 heavy (non-hydrogen) atoms. The van der Waals surface area contributed by atoms with E-state index in [1.807, 2.05) is 0 Å². The summed E-state index contributed by atoms with van der Waals surface area (Å²) < 4.78 is 10.5. The Kier molecular flexibility index (Phi) is 5.62. The molecule has 0 saturated carbocycles. The number of carbonyl (C=O) groups is 1. The summed E-state index contributed by atoms with van der Waals surface area (Å²) in [6.45, 7) is 0. The van der Waals surface area contributed by atoms with Crippen molar-refractivity contribution in [2.24, 2.45) is 16.7 Å². The van der Waals surface area contributed by atoms with Gasteiger partial charge < -0.3 is 26.8 Å². The molecule has 0 aliphatic heterocycles. The Hall–Kier alpha value is -3.48. The lowest BCUT2D eigenvalue weighted by Crippen LogP contribution is -2.15. The number of nitrogens with zero attached hydrogens (tertiary/aromatic N) is 1. The number of hydrogen-bond acceptors (Lipinski definition) is 6. The van der Waals surface area contributed by atoms with Crippen molar-refractivity contribution >= 4 is 23.4 Å². The van der Waals surface area contributed by atoms with Crippen molar-refractivity contribution in [2.45, 2.75) is 0 Å². The molecule has 0 saturated heterocycles. The van der Waals surface area contributed by atoms with Crippen molar-refractivity contribution in [1.82, 2.24) is 0 Å². The van der Waals surface area contributed by atoms with Gasteiger partial charge in [0.15, 0.2) is 5.78 Å². The largest absolute Gasteiger partial charge is 0.496 e. The summed E-state index contributed by atoms with van der Waals surface area (Å²) in [5, 5.41) is 3.41. The summed E-state index contributed by atoms with van der Waals surface area (Å²) in [6.07, 6.45) is 3.08. The van der Waals surface area contributed by atoms with E-state index in [0.29, 0.717) is 33.9 Å². The molecular weight excluding hydrogens is 320 g/mol. The monoisotopic (exact) mass is 340 g/mol. The molecule has 7 nitrogen and oxygen atoms in total. The maximum atomic E-state index is 12.3. The van der Waals surface area contributed by atoms with Crippen LogP contribution in [0.5, 0.6) is 11.5 Å². The molecule has 2 aromatic rings. The van der Waals surface area contributed by atoms with Crippen molar-refractivity contribution in [3.05, 3.63) is 59.2 Å². The van der Waals surface area contributed by atoms with Crippen LogP contribution in [0.3, 0.4) is 0 Å². The maximum Gasteiger partial charge on any atom is 0.185 e. The van der Waals surface area contributed by atoms with E-state index < -0.39 is 0 Å². The van der Waals surface area contributed by atoms with Gasteiger partial charge in [0.2, 0.25) is 0 Å². The number of carbonyl (C=O) groups excluding carboxylic acids is 1. The van der Waals surface area contributed by atoms with E-state index in [0.717, 1.165) is 0 Å². The second-order valence-corrected chi connectivity index (χ2v) is 5.13. The fourth-order valence-corrected chi connectivity index (χ4v) is 2.22. The van der Waals surface area contributed by atoms with Gasteiger partial charge in [-0.05, 0) is 18.2 Å². The first-order valence-electron chi connectivity index (χ1n) is 7.37. The van der Waals surface area contributed by atoms with Gasteiger partial charge in [0.1, 0.15) is 17.3 Å². The van der Waals surface area contributed by atoms with Crippen molar-refractivity contribution in [3.8, 4) is 11.5 Å². The molecule has 0 atom stereocenters. The predicted octanol–water partition coefficient (Wildman–Crippen LogP) is 1.76.